The molecule has 1 aromatic heterocycles. The van der Waals surface area contributed by atoms with Crippen molar-refractivity contribution in [1.82, 2.24) is 0 Å². The first-order valence-electron chi connectivity index (χ1n) is 10.2. The van der Waals surface area contributed by atoms with Crippen molar-refractivity contribution in [3.05, 3.63) is 46.8 Å². The van der Waals surface area contributed by atoms with Crippen LogP contribution in [0.4, 0.5) is 0 Å². The minimum atomic E-state index is -0.481. The molecule has 0 bridgehead atoms. The standard InChI is InChI=1S/C23H35NO3/c1-16(2)8-6-9-17(3)10-7-11-18(4)12-13-26-23-21-20(15-27-23)14-24-19(5)22(21)25/h6,8,12,14,16-17,23,25H,7,9-11,13,15H2,1-5H3/p+1/b8-6+,18-12+. The molecule has 4 nitrogen and oxygen atoms in total. The monoisotopic (exact) mass is 374 g/mol. The fraction of sp³-hybridized carbons (Fsp3) is 0.609. The SMILES string of the molecule is C/C(=C\COC1OCc2c[nH+]c(C)c(O)c21)CCCC(C)C/C=C/C(C)C. The highest BCUT2D eigenvalue weighted by atomic mass is 16.7. The second-order valence-electron chi connectivity index (χ2n) is 8.13. The quantitative estimate of drug-likeness (QED) is 0.557. The van der Waals surface area contributed by atoms with E-state index in [1.54, 1.807) is 0 Å². The number of nitrogens with one attached hydrogen (secondary N) is 1. The van der Waals surface area contributed by atoms with E-state index in [4.69, 9.17) is 9.47 Å². The van der Waals surface area contributed by atoms with Gasteiger partial charge in [-0.25, -0.2) is 4.98 Å². The van der Waals surface area contributed by atoms with Gasteiger partial charge in [0.1, 0.15) is 0 Å². The van der Waals surface area contributed by atoms with Crippen LogP contribution in [0.5, 0.6) is 5.75 Å². The highest BCUT2D eigenvalue weighted by Crippen LogP contribution is 2.37. The van der Waals surface area contributed by atoms with Crippen molar-refractivity contribution in [2.24, 2.45) is 11.8 Å². The molecule has 0 aromatic carbocycles. The molecule has 0 saturated carbocycles. The maximum Gasteiger partial charge on any atom is 0.219 e. The number of pyridine rings is 1. The summed E-state index contributed by atoms with van der Waals surface area (Å²) in [5.41, 5.74) is 3.81. The highest BCUT2D eigenvalue weighted by molar-refractivity contribution is 5.40. The number of aromatic nitrogens is 1. The zero-order chi connectivity index (χ0) is 19.8. The number of aryl methyl sites for hydroxylation is 1. The summed E-state index contributed by atoms with van der Waals surface area (Å²) in [4.78, 5) is 3.04. The Bertz CT molecular complexity index is 664. The lowest BCUT2D eigenvalue weighted by Crippen LogP contribution is -2.11. The third-order valence-corrected chi connectivity index (χ3v) is 5.05. The molecule has 150 valence electrons. The Labute approximate surface area is 164 Å². The van der Waals surface area contributed by atoms with Gasteiger partial charge >= 0.3 is 0 Å². The topological polar surface area (TPSA) is 52.8 Å². The van der Waals surface area contributed by atoms with Crippen molar-refractivity contribution in [3.8, 4) is 5.75 Å². The van der Waals surface area contributed by atoms with Crippen LogP contribution in [0.15, 0.2) is 30.0 Å². The van der Waals surface area contributed by atoms with E-state index in [-0.39, 0.29) is 5.75 Å². The van der Waals surface area contributed by atoms with E-state index >= 15 is 0 Å². The molecule has 0 aliphatic carbocycles. The molecule has 0 amide bonds. The molecule has 2 atom stereocenters. The van der Waals surface area contributed by atoms with Gasteiger partial charge in [-0.15, -0.1) is 0 Å². The number of allylic oxidation sites excluding steroid dienone is 3. The van der Waals surface area contributed by atoms with Gasteiger partial charge in [-0.1, -0.05) is 51.0 Å². The highest BCUT2D eigenvalue weighted by Gasteiger charge is 2.31. The predicted octanol–water partition coefficient (Wildman–Crippen LogP) is 5.42. The Kier molecular flexibility index (Phi) is 8.52. The minimum absolute atomic E-state index is 0.246. The molecular weight excluding hydrogens is 338 g/mol. The van der Waals surface area contributed by atoms with Gasteiger partial charge in [-0.2, -0.15) is 0 Å². The van der Waals surface area contributed by atoms with Crippen LogP contribution < -0.4 is 4.98 Å². The van der Waals surface area contributed by atoms with Crippen molar-refractivity contribution >= 4 is 0 Å². The van der Waals surface area contributed by atoms with Crippen LogP contribution in [0, 0.1) is 18.8 Å². The average molecular weight is 375 g/mol. The van der Waals surface area contributed by atoms with E-state index in [1.165, 1.54) is 24.8 Å². The summed E-state index contributed by atoms with van der Waals surface area (Å²) >= 11 is 0. The first-order valence-corrected chi connectivity index (χ1v) is 10.2. The molecule has 2 rings (SSSR count). The summed E-state index contributed by atoms with van der Waals surface area (Å²) in [7, 11) is 0. The summed E-state index contributed by atoms with van der Waals surface area (Å²) < 4.78 is 11.5. The zero-order valence-electron chi connectivity index (χ0n) is 17.5. The average Bonchev–Trinajstić information content (AvgIpc) is 3.01. The molecule has 2 heterocycles. The maximum absolute atomic E-state index is 10.2. The van der Waals surface area contributed by atoms with Gasteiger partial charge in [0.05, 0.1) is 24.3 Å². The van der Waals surface area contributed by atoms with Crippen molar-refractivity contribution in [2.75, 3.05) is 6.61 Å². The number of fused-ring (bicyclic) bond motifs is 1. The summed E-state index contributed by atoms with van der Waals surface area (Å²) in [5, 5.41) is 10.2. The van der Waals surface area contributed by atoms with Gasteiger partial charge in [-0.3, -0.25) is 0 Å². The van der Waals surface area contributed by atoms with Crippen LogP contribution in [0.25, 0.3) is 0 Å². The Morgan fingerprint density at radius 2 is 2.19 bits per heavy atom. The van der Waals surface area contributed by atoms with E-state index in [9.17, 15) is 5.11 Å². The van der Waals surface area contributed by atoms with Crippen molar-refractivity contribution in [2.45, 2.75) is 73.2 Å². The summed E-state index contributed by atoms with van der Waals surface area (Å²) in [5.74, 6) is 1.62. The lowest BCUT2D eigenvalue weighted by atomic mass is 9.98. The van der Waals surface area contributed by atoms with Crippen molar-refractivity contribution in [3.63, 3.8) is 0 Å². The molecule has 4 heteroatoms. The molecule has 1 aliphatic heterocycles. The number of hydrogen-bond donors (Lipinski definition) is 1. The number of H-pyrrole nitrogens is 1. The molecular formula is C23H36NO3+. The van der Waals surface area contributed by atoms with Gasteiger partial charge in [0.25, 0.3) is 0 Å². The summed E-state index contributed by atoms with van der Waals surface area (Å²) in [6.45, 7) is 11.7. The number of aromatic amines is 1. The lowest BCUT2D eigenvalue weighted by molar-refractivity contribution is -0.389. The number of ether oxygens (including phenoxy) is 2. The maximum atomic E-state index is 10.2. The first kappa shape index (κ1) is 21.6. The van der Waals surface area contributed by atoms with Gasteiger partial charge in [0.15, 0.2) is 18.2 Å². The largest absolute Gasteiger partial charge is 0.502 e. The van der Waals surface area contributed by atoms with Crippen LogP contribution in [0.1, 0.15) is 76.5 Å². The van der Waals surface area contributed by atoms with E-state index in [0.717, 1.165) is 29.2 Å². The van der Waals surface area contributed by atoms with E-state index in [2.05, 4.69) is 50.9 Å². The molecule has 1 aliphatic rings. The van der Waals surface area contributed by atoms with Crippen molar-refractivity contribution in [1.29, 1.82) is 0 Å². The third kappa shape index (κ3) is 6.78. The normalized spacial score (nSPS) is 18.4. The van der Waals surface area contributed by atoms with Gasteiger partial charge < -0.3 is 14.6 Å². The van der Waals surface area contributed by atoms with E-state index in [0.29, 0.717) is 19.1 Å². The number of hydrogen-bond acceptors (Lipinski definition) is 3. The molecule has 27 heavy (non-hydrogen) atoms. The van der Waals surface area contributed by atoms with Gasteiger partial charge in [0.2, 0.25) is 5.69 Å². The number of aromatic hydroxyl groups is 1. The third-order valence-electron chi connectivity index (χ3n) is 5.05. The van der Waals surface area contributed by atoms with Gasteiger partial charge in [-0.05, 0) is 38.0 Å². The predicted molar refractivity (Wildman–Crippen MR) is 108 cm³/mol. The Hall–Kier alpha value is -1.65. The molecule has 0 fully saturated rings. The summed E-state index contributed by atoms with van der Waals surface area (Å²) in [6, 6.07) is 0. The second kappa shape index (κ2) is 10.6. The first-order chi connectivity index (χ1) is 12.9. The fourth-order valence-electron chi connectivity index (χ4n) is 3.27. The van der Waals surface area contributed by atoms with Crippen LogP contribution >= 0.6 is 0 Å². The van der Waals surface area contributed by atoms with Gasteiger partial charge in [0, 0.05) is 6.92 Å². The Morgan fingerprint density at radius 3 is 2.93 bits per heavy atom. The molecule has 0 spiro atoms. The Balaban J connectivity index is 1.71. The van der Waals surface area contributed by atoms with E-state index < -0.39 is 6.29 Å². The lowest BCUT2D eigenvalue weighted by Gasteiger charge is -2.12. The van der Waals surface area contributed by atoms with Crippen molar-refractivity contribution < 1.29 is 19.6 Å². The van der Waals surface area contributed by atoms with Crippen LogP contribution in [0.3, 0.4) is 0 Å². The smallest absolute Gasteiger partial charge is 0.219 e. The fourth-order valence-corrected chi connectivity index (χ4v) is 3.27. The molecule has 2 N–H and O–H groups in total. The molecule has 0 saturated heterocycles. The molecule has 0 radical (unpaired) electrons. The molecule has 1 aromatic rings. The van der Waals surface area contributed by atoms with E-state index in [1.807, 2.05) is 13.1 Å². The minimum Gasteiger partial charge on any atom is -0.502 e. The van der Waals surface area contributed by atoms with Crippen LogP contribution in [0.2, 0.25) is 0 Å². The summed E-state index contributed by atoms with van der Waals surface area (Å²) in [6.07, 6.45) is 12.9. The molecule has 2 unspecified atom stereocenters. The zero-order valence-corrected chi connectivity index (χ0v) is 17.5. The van der Waals surface area contributed by atoms with Crippen LogP contribution in [-0.2, 0) is 16.1 Å². The second-order valence-corrected chi connectivity index (χ2v) is 8.13. The van der Waals surface area contributed by atoms with Crippen LogP contribution in [-0.4, -0.2) is 11.7 Å². The number of rotatable bonds is 10. The Morgan fingerprint density at radius 1 is 1.41 bits per heavy atom.